The summed E-state index contributed by atoms with van der Waals surface area (Å²) in [5.41, 5.74) is 2.94. The van der Waals surface area contributed by atoms with Crippen molar-refractivity contribution in [2.45, 2.75) is 78.1 Å². The van der Waals surface area contributed by atoms with E-state index in [-0.39, 0.29) is 6.29 Å². The van der Waals surface area contributed by atoms with Crippen LogP contribution in [-0.2, 0) is 32.4 Å². The van der Waals surface area contributed by atoms with Crippen LogP contribution in [0.2, 0.25) is 0 Å². The highest BCUT2D eigenvalue weighted by Crippen LogP contribution is 2.20. The molecule has 2 aromatic carbocycles. The average molecular weight is 469 g/mol. The van der Waals surface area contributed by atoms with Crippen LogP contribution in [0.4, 0.5) is 0 Å². The monoisotopic (exact) mass is 468 g/mol. The molecule has 0 atom stereocenters. The van der Waals surface area contributed by atoms with E-state index in [0.29, 0.717) is 17.5 Å². The number of carbonyl (C=O) groups is 2. The van der Waals surface area contributed by atoms with Crippen molar-refractivity contribution in [1.82, 2.24) is 0 Å². The molecule has 0 heterocycles. The van der Waals surface area contributed by atoms with E-state index >= 15 is 0 Å². The Morgan fingerprint density at radius 3 is 1.44 bits per heavy atom. The fourth-order valence-corrected chi connectivity index (χ4v) is 3.27. The second kappa shape index (κ2) is 16.0. The standard InChI is InChI=1S/C28H36O6/c1-4-7-8-9-10-11-12-13-26(31-33-27(29)24-18-14-22(5-2)15-19-24)32-34-28(30)25-20-16-23(6-3)17-21-25/h14-21H,1,4-13H2,2-3H3. The van der Waals surface area contributed by atoms with Crippen LogP contribution in [0.5, 0.6) is 0 Å². The van der Waals surface area contributed by atoms with Crippen molar-refractivity contribution < 1.29 is 29.1 Å². The summed E-state index contributed by atoms with van der Waals surface area (Å²) in [4.78, 5) is 44.8. The zero-order valence-electron chi connectivity index (χ0n) is 20.3. The van der Waals surface area contributed by atoms with Gasteiger partial charge in [0.2, 0.25) is 0 Å². The molecule has 0 aliphatic heterocycles. The average Bonchev–Trinajstić information content (AvgIpc) is 2.88. The van der Waals surface area contributed by atoms with Gasteiger partial charge < -0.3 is 0 Å². The molecule has 2 radical (unpaired) electrons. The Morgan fingerprint density at radius 2 is 1.03 bits per heavy atom. The number of aryl methyl sites for hydroxylation is 2. The van der Waals surface area contributed by atoms with Crippen LogP contribution in [-0.4, -0.2) is 11.9 Å². The molecule has 0 N–H and O–H groups in total. The highest BCUT2D eigenvalue weighted by atomic mass is 17.3. The van der Waals surface area contributed by atoms with Gasteiger partial charge in [0.25, 0.3) is 0 Å². The Kier molecular flexibility index (Phi) is 13.0. The van der Waals surface area contributed by atoms with Crippen molar-refractivity contribution >= 4 is 11.9 Å². The summed E-state index contributed by atoms with van der Waals surface area (Å²) in [6, 6.07) is 14.1. The molecule has 0 spiro atoms. The van der Waals surface area contributed by atoms with Crippen molar-refractivity contribution in [3.63, 3.8) is 0 Å². The molecule has 0 aromatic heterocycles. The third-order valence-corrected chi connectivity index (χ3v) is 5.50. The maximum Gasteiger partial charge on any atom is 0.373 e. The topological polar surface area (TPSA) is 71.1 Å². The third-order valence-electron chi connectivity index (χ3n) is 5.50. The van der Waals surface area contributed by atoms with Gasteiger partial charge in [0.05, 0.1) is 11.1 Å². The predicted octanol–water partition coefficient (Wildman–Crippen LogP) is 7.13. The largest absolute Gasteiger partial charge is 0.373 e. The van der Waals surface area contributed by atoms with Crippen molar-refractivity contribution in [3.8, 4) is 0 Å². The van der Waals surface area contributed by atoms with Crippen molar-refractivity contribution in [1.29, 1.82) is 0 Å². The highest BCUT2D eigenvalue weighted by molar-refractivity contribution is 5.89. The van der Waals surface area contributed by atoms with E-state index < -0.39 is 11.9 Å². The van der Waals surface area contributed by atoms with Crippen LogP contribution in [0.1, 0.15) is 97.1 Å². The molecular weight excluding hydrogens is 432 g/mol. The minimum atomic E-state index is -0.654. The fourth-order valence-electron chi connectivity index (χ4n) is 3.27. The Hall–Kier alpha value is -2.70. The zero-order chi connectivity index (χ0) is 24.6. The van der Waals surface area contributed by atoms with Crippen LogP contribution in [0.3, 0.4) is 0 Å². The van der Waals surface area contributed by atoms with Crippen molar-refractivity contribution in [2.24, 2.45) is 0 Å². The lowest BCUT2D eigenvalue weighted by Gasteiger charge is -2.14. The van der Waals surface area contributed by atoms with Crippen LogP contribution in [0.25, 0.3) is 0 Å². The Bertz CT molecular complexity index is 781. The van der Waals surface area contributed by atoms with Crippen molar-refractivity contribution in [3.05, 3.63) is 84.0 Å². The summed E-state index contributed by atoms with van der Waals surface area (Å²) in [6.45, 7) is 7.93. The van der Waals surface area contributed by atoms with Crippen LogP contribution in [0.15, 0.2) is 48.5 Å². The van der Waals surface area contributed by atoms with E-state index in [1.807, 2.05) is 38.1 Å². The number of hydrogen-bond acceptors (Lipinski definition) is 6. The Balaban J connectivity index is 1.87. The molecular formula is C28H36O6. The molecule has 0 aliphatic carbocycles. The second-order valence-corrected chi connectivity index (χ2v) is 8.11. The van der Waals surface area contributed by atoms with Gasteiger partial charge in [-0.2, -0.15) is 0 Å². The minimum Gasteiger partial charge on any atom is -0.289 e. The van der Waals surface area contributed by atoms with Gasteiger partial charge in [-0.05, 0) is 54.7 Å². The smallest absolute Gasteiger partial charge is 0.289 e. The maximum atomic E-state index is 12.3. The van der Waals surface area contributed by atoms with Crippen molar-refractivity contribution in [2.75, 3.05) is 0 Å². The molecule has 2 aromatic rings. The van der Waals surface area contributed by atoms with Gasteiger partial charge in [0.1, 0.15) is 0 Å². The summed E-state index contributed by atoms with van der Waals surface area (Å²) in [5.74, 6) is -1.31. The maximum absolute atomic E-state index is 12.3. The van der Waals surface area contributed by atoms with Crippen LogP contribution >= 0.6 is 0 Å². The van der Waals surface area contributed by atoms with E-state index in [0.717, 1.165) is 68.9 Å². The molecule has 0 saturated heterocycles. The molecule has 0 fully saturated rings. The quantitative estimate of drug-likeness (QED) is 0.148. The molecule has 34 heavy (non-hydrogen) atoms. The van der Waals surface area contributed by atoms with E-state index in [2.05, 4.69) is 6.92 Å². The second-order valence-electron chi connectivity index (χ2n) is 8.11. The van der Waals surface area contributed by atoms with E-state index in [4.69, 9.17) is 19.6 Å². The van der Waals surface area contributed by atoms with Gasteiger partial charge in [0.15, 0.2) is 0 Å². The van der Waals surface area contributed by atoms with E-state index in [1.54, 1.807) is 24.3 Å². The van der Waals surface area contributed by atoms with Gasteiger partial charge in [-0.1, -0.05) is 83.6 Å². The zero-order valence-corrected chi connectivity index (χ0v) is 20.3. The predicted molar refractivity (Wildman–Crippen MR) is 130 cm³/mol. The lowest BCUT2D eigenvalue weighted by Crippen LogP contribution is -2.16. The van der Waals surface area contributed by atoms with Gasteiger partial charge in [-0.3, -0.25) is 9.78 Å². The van der Waals surface area contributed by atoms with Gasteiger partial charge in [0, 0.05) is 6.42 Å². The van der Waals surface area contributed by atoms with E-state index in [1.165, 1.54) is 0 Å². The summed E-state index contributed by atoms with van der Waals surface area (Å²) in [5, 5.41) is 0. The molecule has 0 aliphatic rings. The molecule has 2 rings (SSSR count). The highest BCUT2D eigenvalue weighted by Gasteiger charge is 2.21. The normalized spacial score (nSPS) is 10.9. The molecule has 6 heteroatoms. The van der Waals surface area contributed by atoms with Gasteiger partial charge >= 0.3 is 18.2 Å². The number of hydrogen-bond donors (Lipinski definition) is 0. The summed E-state index contributed by atoms with van der Waals surface area (Å²) in [7, 11) is 0. The first-order valence-electron chi connectivity index (χ1n) is 12.2. The van der Waals surface area contributed by atoms with Crippen LogP contribution in [0, 0.1) is 13.2 Å². The molecule has 0 amide bonds. The minimum absolute atomic E-state index is 0.0742. The molecule has 6 nitrogen and oxygen atoms in total. The summed E-state index contributed by atoms with van der Waals surface area (Å²) >= 11 is 0. The fraction of sp³-hybridized carbons (Fsp3) is 0.429. The molecule has 0 unspecified atom stereocenters. The van der Waals surface area contributed by atoms with Gasteiger partial charge in [-0.25, -0.2) is 9.59 Å². The first-order chi connectivity index (χ1) is 16.6. The van der Waals surface area contributed by atoms with Gasteiger partial charge in [-0.15, -0.1) is 9.78 Å². The van der Waals surface area contributed by atoms with E-state index in [9.17, 15) is 9.59 Å². The number of unbranched alkanes of at least 4 members (excludes halogenated alkanes) is 6. The first-order valence-corrected chi connectivity index (χ1v) is 12.2. The Labute approximate surface area is 203 Å². The Morgan fingerprint density at radius 1 is 0.618 bits per heavy atom. The molecule has 184 valence electrons. The lowest BCUT2D eigenvalue weighted by molar-refractivity contribution is -0.363. The number of rotatable bonds is 16. The number of carbonyl (C=O) groups excluding carboxylic acids is 2. The summed E-state index contributed by atoms with van der Waals surface area (Å²) in [6.07, 6.45) is 9.16. The number of benzene rings is 2. The molecule has 0 bridgehead atoms. The lowest BCUT2D eigenvalue weighted by atomic mass is 10.1. The SMILES string of the molecule is [CH2]CCCCCCCC[C](OOC(=O)c1ccc(CC)cc1)OOC(=O)c1ccc(CC)cc1. The molecule has 0 saturated carbocycles. The first kappa shape index (κ1) is 27.5. The van der Waals surface area contributed by atoms with Crippen LogP contribution < -0.4 is 0 Å². The summed E-state index contributed by atoms with van der Waals surface area (Å²) < 4.78 is 0. The third kappa shape index (κ3) is 10.1.